The summed E-state index contributed by atoms with van der Waals surface area (Å²) in [5.41, 5.74) is 6.91. The first-order chi connectivity index (χ1) is 9.59. The highest BCUT2D eigenvalue weighted by atomic mass is 16.3. The zero-order chi connectivity index (χ0) is 13.9. The van der Waals surface area contributed by atoms with Crippen LogP contribution in [0.4, 0.5) is 0 Å². The van der Waals surface area contributed by atoms with Crippen LogP contribution in [0.5, 0.6) is 0 Å². The van der Waals surface area contributed by atoms with E-state index in [-0.39, 0.29) is 6.10 Å². The van der Waals surface area contributed by atoms with Crippen LogP contribution < -0.4 is 5.73 Å². The van der Waals surface area contributed by atoms with Crippen LogP contribution >= 0.6 is 0 Å². The van der Waals surface area contributed by atoms with Crippen LogP contribution in [0.3, 0.4) is 0 Å². The third-order valence-electron chi connectivity index (χ3n) is 8.00. The minimum atomic E-state index is 0.00144. The van der Waals surface area contributed by atoms with E-state index in [2.05, 4.69) is 6.92 Å². The number of fused-ring (bicyclic) bond motifs is 5. The summed E-state index contributed by atoms with van der Waals surface area (Å²) >= 11 is 0. The van der Waals surface area contributed by atoms with E-state index in [0.717, 1.165) is 42.4 Å². The molecule has 0 saturated heterocycles. The highest BCUT2D eigenvalue weighted by Crippen LogP contribution is 2.61. The van der Waals surface area contributed by atoms with Gasteiger partial charge in [-0.3, -0.25) is 0 Å². The van der Waals surface area contributed by atoms with Crippen molar-refractivity contribution in [3.8, 4) is 0 Å². The predicted octanol–water partition coefficient (Wildman–Crippen LogP) is 3.33. The number of hydrogen-bond acceptors (Lipinski definition) is 2. The number of hydrogen-bond donors (Lipinski definition) is 2. The molecule has 4 aliphatic rings. The number of nitrogens with two attached hydrogens (primary N) is 1. The van der Waals surface area contributed by atoms with Crippen LogP contribution in [0.2, 0.25) is 0 Å². The number of rotatable bonds is 0. The lowest BCUT2D eigenvalue weighted by Crippen LogP contribution is -2.51. The molecule has 4 saturated carbocycles. The van der Waals surface area contributed by atoms with Crippen molar-refractivity contribution in [1.82, 2.24) is 0 Å². The normalized spacial score (nSPS) is 58.6. The molecule has 4 fully saturated rings. The van der Waals surface area contributed by atoms with Crippen LogP contribution in [0.1, 0.15) is 64.7 Å². The van der Waals surface area contributed by atoms with Gasteiger partial charge in [-0.05, 0) is 92.8 Å². The van der Waals surface area contributed by atoms with Gasteiger partial charge in [-0.15, -0.1) is 0 Å². The average molecular weight is 277 g/mol. The zero-order valence-electron chi connectivity index (χ0n) is 12.9. The zero-order valence-corrected chi connectivity index (χ0v) is 12.9. The third kappa shape index (κ3) is 1.83. The first-order valence-electron chi connectivity index (χ1n) is 9.03. The Balaban J connectivity index is 1.57. The van der Waals surface area contributed by atoms with Gasteiger partial charge in [0, 0.05) is 6.04 Å². The van der Waals surface area contributed by atoms with E-state index in [4.69, 9.17) is 5.73 Å². The van der Waals surface area contributed by atoms with Crippen LogP contribution in [0.15, 0.2) is 0 Å². The number of aliphatic hydroxyl groups is 1. The first kappa shape index (κ1) is 13.6. The Morgan fingerprint density at radius 3 is 2.55 bits per heavy atom. The van der Waals surface area contributed by atoms with Crippen molar-refractivity contribution in [2.75, 3.05) is 0 Å². The van der Waals surface area contributed by atoms with E-state index in [0.29, 0.717) is 11.5 Å². The summed E-state index contributed by atoms with van der Waals surface area (Å²) in [7, 11) is 0. The lowest BCUT2D eigenvalue weighted by atomic mass is 9.50. The molecule has 4 aliphatic carbocycles. The topological polar surface area (TPSA) is 46.2 Å². The summed E-state index contributed by atoms with van der Waals surface area (Å²) in [6.07, 6.45) is 11.7. The SMILES string of the molecule is CC12CCC3C4CCC(O)CC4CCC3C1CCC2N. The largest absolute Gasteiger partial charge is 0.393 e. The molecule has 20 heavy (non-hydrogen) atoms. The molecule has 4 rings (SSSR count). The predicted molar refractivity (Wildman–Crippen MR) is 81.1 cm³/mol. The van der Waals surface area contributed by atoms with Crippen molar-refractivity contribution in [3.05, 3.63) is 0 Å². The van der Waals surface area contributed by atoms with Crippen LogP contribution in [0, 0.1) is 35.0 Å². The van der Waals surface area contributed by atoms with E-state index in [9.17, 15) is 5.11 Å². The van der Waals surface area contributed by atoms with Crippen LogP contribution in [-0.4, -0.2) is 17.3 Å². The highest BCUT2D eigenvalue weighted by molar-refractivity contribution is 5.07. The Morgan fingerprint density at radius 2 is 1.70 bits per heavy atom. The highest BCUT2D eigenvalue weighted by Gasteiger charge is 2.56. The molecule has 8 atom stereocenters. The fraction of sp³-hybridized carbons (Fsp3) is 1.00. The molecule has 0 aromatic heterocycles. The van der Waals surface area contributed by atoms with Gasteiger partial charge >= 0.3 is 0 Å². The van der Waals surface area contributed by atoms with Gasteiger partial charge in [0.25, 0.3) is 0 Å². The molecule has 0 aliphatic heterocycles. The summed E-state index contributed by atoms with van der Waals surface area (Å²) in [6, 6.07) is 0.458. The third-order valence-corrected chi connectivity index (χ3v) is 8.00. The molecule has 3 N–H and O–H groups in total. The summed E-state index contributed by atoms with van der Waals surface area (Å²) in [4.78, 5) is 0. The molecular weight excluding hydrogens is 246 g/mol. The second-order valence-corrected chi connectivity index (χ2v) is 8.63. The smallest absolute Gasteiger partial charge is 0.0543 e. The first-order valence-corrected chi connectivity index (χ1v) is 9.03. The van der Waals surface area contributed by atoms with Crippen molar-refractivity contribution in [2.45, 2.75) is 76.9 Å². The second-order valence-electron chi connectivity index (χ2n) is 8.63. The molecule has 114 valence electrons. The number of aliphatic hydroxyl groups excluding tert-OH is 1. The van der Waals surface area contributed by atoms with E-state index in [1.165, 1.54) is 44.9 Å². The Hall–Kier alpha value is -0.0800. The van der Waals surface area contributed by atoms with Crippen molar-refractivity contribution in [2.24, 2.45) is 40.7 Å². The van der Waals surface area contributed by atoms with Crippen molar-refractivity contribution in [3.63, 3.8) is 0 Å². The fourth-order valence-electron chi connectivity index (χ4n) is 6.87. The van der Waals surface area contributed by atoms with Crippen molar-refractivity contribution < 1.29 is 5.11 Å². The maximum absolute atomic E-state index is 9.95. The van der Waals surface area contributed by atoms with Gasteiger partial charge in [-0.1, -0.05) is 6.92 Å². The lowest BCUT2D eigenvalue weighted by molar-refractivity contribution is -0.0703. The van der Waals surface area contributed by atoms with E-state index < -0.39 is 0 Å². The fourth-order valence-corrected chi connectivity index (χ4v) is 6.87. The molecule has 8 unspecified atom stereocenters. The summed E-state index contributed by atoms with van der Waals surface area (Å²) in [5.74, 6) is 4.59. The van der Waals surface area contributed by atoms with Gasteiger partial charge in [-0.25, -0.2) is 0 Å². The standard InChI is InChI=1S/C18H31NO/c1-18-9-8-14-13-5-3-12(20)10-11(13)2-4-15(14)16(18)6-7-17(18)19/h11-17,20H,2-10,19H2,1H3. The van der Waals surface area contributed by atoms with Gasteiger partial charge < -0.3 is 10.8 Å². The summed E-state index contributed by atoms with van der Waals surface area (Å²) in [5, 5.41) is 9.95. The van der Waals surface area contributed by atoms with Gasteiger partial charge in [0.1, 0.15) is 0 Å². The monoisotopic (exact) mass is 277 g/mol. The van der Waals surface area contributed by atoms with Gasteiger partial charge in [0.15, 0.2) is 0 Å². The average Bonchev–Trinajstić information content (AvgIpc) is 2.74. The van der Waals surface area contributed by atoms with Gasteiger partial charge in [-0.2, -0.15) is 0 Å². The molecule has 0 radical (unpaired) electrons. The van der Waals surface area contributed by atoms with Crippen molar-refractivity contribution in [1.29, 1.82) is 0 Å². The molecular formula is C18H31NO. The molecule has 0 aromatic carbocycles. The van der Waals surface area contributed by atoms with Crippen molar-refractivity contribution >= 4 is 0 Å². The minimum absolute atomic E-state index is 0.00144. The molecule has 2 heteroatoms. The molecule has 0 heterocycles. The lowest BCUT2D eigenvalue weighted by Gasteiger charge is -2.55. The van der Waals surface area contributed by atoms with Crippen LogP contribution in [-0.2, 0) is 0 Å². The minimum Gasteiger partial charge on any atom is -0.393 e. The summed E-state index contributed by atoms with van der Waals surface area (Å²) < 4.78 is 0. The van der Waals surface area contributed by atoms with E-state index >= 15 is 0 Å². The quantitative estimate of drug-likeness (QED) is 0.713. The molecule has 0 spiro atoms. The van der Waals surface area contributed by atoms with Crippen LogP contribution in [0.25, 0.3) is 0 Å². The maximum Gasteiger partial charge on any atom is 0.0543 e. The van der Waals surface area contributed by atoms with E-state index in [1.807, 2.05) is 0 Å². The molecule has 0 aromatic rings. The molecule has 2 nitrogen and oxygen atoms in total. The Bertz CT molecular complexity index is 384. The second kappa shape index (κ2) is 4.71. The van der Waals surface area contributed by atoms with Gasteiger partial charge in [0.05, 0.1) is 6.10 Å². The maximum atomic E-state index is 9.95. The van der Waals surface area contributed by atoms with E-state index in [1.54, 1.807) is 0 Å². The Kier molecular flexibility index (Phi) is 3.20. The van der Waals surface area contributed by atoms with Gasteiger partial charge in [0.2, 0.25) is 0 Å². The molecule has 0 amide bonds. The Morgan fingerprint density at radius 1 is 0.900 bits per heavy atom. The summed E-state index contributed by atoms with van der Waals surface area (Å²) in [6.45, 7) is 2.49. The Labute approximate surface area is 123 Å². The molecule has 0 bridgehead atoms.